The minimum absolute atomic E-state index is 0.0446. The van der Waals surface area contributed by atoms with Gasteiger partial charge in [-0.1, -0.05) is 49.7 Å². The summed E-state index contributed by atoms with van der Waals surface area (Å²) in [6.07, 6.45) is 0. The molecule has 1 atom stereocenters. The molecule has 0 aliphatic rings. The second-order valence-corrected chi connectivity index (χ2v) is 7.50. The number of anilines is 1. The van der Waals surface area contributed by atoms with E-state index >= 15 is 0 Å². The number of carboxylic acid groups (broad SMARTS) is 1. The second-order valence-electron chi connectivity index (χ2n) is 6.70. The Hall–Kier alpha value is -2.57. The Labute approximate surface area is 172 Å². The summed E-state index contributed by atoms with van der Waals surface area (Å²) in [7, 11) is 0. The lowest BCUT2D eigenvalue weighted by Crippen LogP contribution is -2.55. The fourth-order valence-electron chi connectivity index (χ4n) is 2.28. The van der Waals surface area contributed by atoms with E-state index in [2.05, 4.69) is 5.32 Å². The first-order valence-electron chi connectivity index (χ1n) is 8.29. The maximum absolute atomic E-state index is 13.1. The van der Waals surface area contributed by atoms with Crippen molar-refractivity contribution < 1.29 is 24.2 Å². The van der Waals surface area contributed by atoms with Gasteiger partial charge in [0.15, 0.2) is 0 Å². The molecule has 6 nitrogen and oxygen atoms in total. The summed E-state index contributed by atoms with van der Waals surface area (Å²) in [6, 6.07) is 13.8. The number of ketones is 1. The zero-order valence-corrected chi connectivity index (χ0v) is 16.8. The molecule has 2 N–H and O–H groups in total. The number of rotatable bonds is 8. The molecule has 0 aliphatic heterocycles. The Morgan fingerprint density at radius 1 is 1.07 bits per heavy atom. The Morgan fingerprint density at radius 3 is 2.29 bits per heavy atom. The average molecular weight is 424 g/mol. The number of carbonyl (C=O) groups excluding carboxylic acids is 2. The number of aromatic carboxylic acids is 1. The number of halogens is 2. The third-order valence-electron chi connectivity index (χ3n) is 3.90. The first kappa shape index (κ1) is 21.7. The van der Waals surface area contributed by atoms with Gasteiger partial charge in [-0.3, -0.25) is 9.59 Å². The number of Topliss-reactive ketones (excluding diaryl/α,β-unsaturated/α-hetero) is 1. The highest BCUT2D eigenvalue weighted by atomic mass is 35.5. The van der Waals surface area contributed by atoms with Crippen molar-refractivity contribution in [2.24, 2.45) is 5.41 Å². The predicted octanol–water partition coefficient (Wildman–Crippen LogP) is 4.17. The minimum Gasteiger partial charge on any atom is -0.478 e. The monoisotopic (exact) mass is 423 g/mol. The molecule has 8 heteroatoms. The van der Waals surface area contributed by atoms with Crippen LogP contribution in [-0.4, -0.2) is 33.7 Å². The quantitative estimate of drug-likeness (QED) is 0.490. The summed E-state index contributed by atoms with van der Waals surface area (Å²) in [5.74, 6) is -3.00. The normalized spacial score (nSPS) is 13.3. The molecule has 0 spiro atoms. The number of carboxylic acids is 1. The van der Waals surface area contributed by atoms with Gasteiger partial charge < -0.3 is 15.2 Å². The predicted molar refractivity (Wildman–Crippen MR) is 107 cm³/mol. The molecule has 2 aromatic rings. The van der Waals surface area contributed by atoms with Crippen LogP contribution in [0.25, 0.3) is 0 Å². The summed E-state index contributed by atoms with van der Waals surface area (Å²) in [4.78, 5) is 37.1. The van der Waals surface area contributed by atoms with Gasteiger partial charge in [0.05, 0.1) is 5.56 Å². The van der Waals surface area contributed by atoms with Crippen LogP contribution in [0.4, 0.5) is 5.69 Å². The number of hydrogen-bond acceptors (Lipinski definition) is 4. The Balaban J connectivity index is 2.43. The van der Waals surface area contributed by atoms with Crippen LogP contribution in [0.2, 0.25) is 0 Å². The highest BCUT2D eigenvalue weighted by Crippen LogP contribution is 2.34. The van der Waals surface area contributed by atoms with E-state index in [1.807, 2.05) is 0 Å². The first-order chi connectivity index (χ1) is 13.1. The van der Waals surface area contributed by atoms with Gasteiger partial charge in [0.25, 0.3) is 5.91 Å². The van der Waals surface area contributed by atoms with Crippen molar-refractivity contribution in [3.05, 3.63) is 60.2 Å². The fourth-order valence-corrected chi connectivity index (χ4v) is 2.79. The number of ether oxygens (including phenoxy) is 1. The van der Waals surface area contributed by atoms with Crippen molar-refractivity contribution in [1.82, 2.24) is 0 Å². The molecule has 0 heterocycles. The summed E-state index contributed by atoms with van der Waals surface area (Å²) in [5.41, 5.74) is -0.845. The summed E-state index contributed by atoms with van der Waals surface area (Å²) < 4.78 is 5.56. The van der Waals surface area contributed by atoms with E-state index in [0.717, 1.165) is 0 Å². The van der Waals surface area contributed by atoms with Gasteiger partial charge in [-0.25, -0.2) is 4.79 Å². The molecular formula is C20H19Cl2NO5. The number of amides is 1. The van der Waals surface area contributed by atoms with Crippen molar-refractivity contribution >= 4 is 46.5 Å². The highest BCUT2D eigenvalue weighted by molar-refractivity contribution is 6.47. The number of para-hydroxylation sites is 1. The van der Waals surface area contributed by atoms with Crippen LogP contribution in [0.1, 0.15) is 24.2 Å². The molecule has 2 rings (SSSR count). The maximum Gasteiger partial charge on any atom is 0.335 e. The van der Waals surface area contributed by atoms with Crippen LogP contribution in [0.5, 0.6) is 5.75 Å². The summed E-state index contributed by atoms with van der Waals surface area (Å²) in [5, 5.41) is 9.22. The van der Waals surface area contributed by atoms with Crippen LogP contribution >= 0.6 is 23.2 Å². The van der Waals surface area contributed by atoms with Crippen molar-refractivity contribution in [2.45, 2.75) is 18.9 Å². The topological polar surface area (TPSA) is 92.7 Å². The molecule has 0 radical (unpaired) electrons. The van der Waals surface area contributed by atoms with Crippen molar-refractivity contribution in [1.29, 1.82) is 0 Å². The number of alkyl halides is 2. The zero-order valence-electron chi connectivity index (χ0n) is 15.2. The van der Waals surface area contributed by atoms with Crippen LogP contribution in [0, 0.1) is 5.41 Å². The molecular weight excluding hydrogens is 405 g/mol. The molecule has 0 aliphatic carbocycles. The molecule has 0 fully saturated rings. The van der Waals surface area contributed by atoms with Crippen molar-refractivity contribution in [3.8, 4) is 5.75 Å². The molecule has 2 aromatic carbocycles. The standard InChI is InChI=1S/C20H19Cl2NO5/c1-19(2,12-21)17(26)20(22,18(27)23-14-8-4-3-5-9-14)28-15-10-6-7-13(11-15)16(24)25/h3-11H,12H2,1-2H3,(H,23,27)(H,24,25). The van der Waals surface area contributed by atoms with Gasteiger partial charge in [0.2, 0.25) is 5.78 Å². The average Bonchev–Trinajstić information content (AvgIpc) is 2.68. The van der Waals surface area contributed by atoms with E-state index in [1.54, 1.807) is 30.3 Å². The highest BCUT2D eigenvalue weighted by Gasteiger charge is 2.52. The molecule has 0 saturated heterocycles. The number of benzene rings is 2. The van der Waals surface area contributed by atoms with Gasteiger partial charge in [-0.15, -0.1) is 11.6 Å². The smallest absolute Gasteiger partial charge is 0.335 e. The third kappa shape index (κ3) is 4.82. The van der Waals surface area contributed by atoms with Crippen molar-refractivity contribution in [2.75, 3.05) is 11.2 Å². The van der Waals surface area contributed by atoms with E-state index in [-0.39, 0.29) is 17.2 Å². The van der Waals surface area contributed by atoms with Crippen LogP contribution in [-0.2, 0) is 9.59 Å². The molecule has 148 valence electrons. The van der Waals surface area contributed by atoms with Gasteiger partial charge in [0, 0.05) is 17.0 Å². The lowest BCUT2D eigenvalue weighted by Gasteiger charge is -2.32. The van der Waals surface area contributed by atoms with Gasteiger partial charge >= 0.3 is 11.0 Å². The molecule has 1 amide bonds. The fraction of sp³-hybridized carbons (Fsp3) is 0.250. The van der Waals surface area contributed by atoms with E-state index in [0.29, 0.717) is 5.69 Å². The van der Waals surface area contributed by atoms with Gasteiger partial charge in [0.1, 0.15) is 5.75 Å². The zero-order chi connectivity index (χ0) is 20.9. The van der Waals surface area contributed by atoms with E-state index in [9.17, 15) is 14.4 Å². The Bertz CT molecular complexity index is 885. The molecule has 0 aromatic heterocycles. The first-order valence-corrected chi connectivity index (χ1v) is 9.20. The molecule has 28 heavy (non-hydrogen) atoms. The van der Waals surface area contributed by atoms with Gasteiger partial charge in [-0.2, -0.15) is 0 Å². The van der Waals surface area contributed by atoms with E-state index < -0.39 is 28.1 Å². The number of hydrogen-bond donors (Lipinski definition) is 2. The SMILES string of the molecule is CC(C)(CCl)C(=O)C(Cl)(Oc1cccc(C(=O)O)c1)C(=O)Nc1ccccc1. The Morgan fingerprint density at radius 2 is 1.71 bits per heavy atom. The number of nitrogens with one attached hydrogen (secondary N) is 1. The van der Waals surface area contributed by atoms with Gasteiger partial charge in [-0.05, 0) is 30.3 Å². The molecule has 0 bridgehead atoms. The third-order valence-corrected chi connectivity index (χ3v) is 4.99. The van der Waals surface area contributed by atoms with E-state index in [4.69, 9.17) is 33.0 Å². The lowest BCUT2D eigenvalue weighted by molar-refractivity contribution is -0.143. The second kappa shape index (κ2) is 8.63. The summed E-state index contributed by atoms with van der Waals surface area (Å²) in [6.45, 7) is 3.07. The Kier molecular flexibility index (Phi) is 6.69. The van der Waals surface area contributed by atoms with Crippen LogP contribution < -0.4 is 10.1 Å². The lowest BCUT2D eigenvalue weighted by atomic mass is 9.86. The number of carbonyl (C=O) groups is 3. The largest absolute Gasteiger partial charge is 0.478 e. The molecule has 0 saturated carbocycles. The minimum atomic E-state index is -2.45. The van der Waals surface area contributed by atoms with Crippen molar-refractivity contribution in [3.63, 3.8) is 0 Å². The van der Waals surface area contributed by atoms with Crippen LogP contribution in [0.15, 0.2) is 54.6 Å². The van der Waals surface area contributed by atoms with Crippen LogP contribution in [0.3, 0.4) is 0 Å². The maximum atomic E-state index is 13.1. The van der Waals surface area contributed by atoms with E-state index in [1.165, 1.54) is 38.1 Å². The summed E-state index contributed by atoms with van der Waals surface area (Å²) >= 11 is 12.3. The molecule has 1 unspecified atom stereocenters.